The molecular formula is C11H17NO. The Morgan fingerprint density at radius 3 is 2.85 bits per heavy atom. The molecule has 72 valence electrons. The molecule has 0 amide bonds. The molecule has 1 fully saturated rings. The van der Waals surface area contributed by atoms with Crippen LogP contribution in [0.25, 0.3) is 0 Å². The summed E-state index contributed by atoms with van der Waals surface area (Å²) in [5.41, 5.74) is 0. The molecule has 1 heterocycles. The fourth-order valence-corrected chi connectivity index (χ4v) is 1.45. The maximum Gasteiger partial charge on any atom is 0.120 e. The van der Waals surface area contributed by atoms with Crippen molar-refractivity contribution in [1.29, 1.82) is 0 Å². The van der Waals surface area contributed by atoms with Gasteiger partial charge in [-0.15, -0.1) is 0 Å². The third kappa shape index (κ3) is 2.34. The average Bonchev–Trinajstić information content (AvgIpc) is 2.84. The van der Waals surface area contributed by atoms with Crippen LogP contribution in [0.5, 0.6) is 0 Å². The maximum absolute atomic E-state index is 5.54. The first-order valence-corrected chi connectivity index (χ1v) is 5.05. The van der Waals surface area contributed by atoms with E-state index in [1.807, 2.05) is 13.0 Å². The molecule has 0 saturated heterocycles. The van der Waals surface area contributed by atoms with Gasteiger partial charge in [0.15, 0.2) is 0 Å². The molecule has 13 heavy (non-hydrogen) atoms. The van der Waals surface area contributed by atoms with E-state index >= 15 is 0 Å². The molecule has 1 saturated carbocycles. The van der Waals surface area contributed by atoms with E-state index in [4.69, 9.17) is 4.42 Å². The zero-order chi connectivity index (χ0) is 9.26. The van der Waals surface area contributed by atoms with Gasteiger partial charge in [0, 0.05) is 0 Å². The van der Waals surface area contributed by atoms with E-state index in [9.17, 15) is 0 Å². The van der Waals surface area contributed by atoms with Crippen molar-refractivity contribution in [3.05, 3.63) is 23.7 Å². The highest BCUT2D eigenvalue weighted by atomic mass is 16.3. The van der Waals surface area contributed by atoms with E-state index in [0.717, 1.165) is 24.0 Å². The van der Waals surface area contributed by atoms with Crippen molar-refractivity contribution in [1.82, 2.24) is 5.32 Å². The van der Waals surface area contributed by atoms with Crippen molar-refractivity contribution in [2.75, 3.05) is 6.54 Å². The van der Waals surface area contributed by atoms with Crippen LogP contribution in [0.3, 0.4) is 0 Å². The smallest absolute Gasteiger partial charge is 0.120 e. The number of nitrogens with one attached hydrogen (secondary N) is 1. The van der Waals surface area contributed by atoms with Crippen LogP contribution in [-0.2, 0) is 0 Å². The summed E-state index contributed by atoms with van der Waals surface area (Å²) >= 11 is 0. The van der Waals surface area contributed by atoms with Gasteiger partial charge in [0.1, 0.15) is 11.5 Å². The predicted octanol–water partition coefficient (Wildman–Crippen LogP) is 2.65. The Kier molecular flexibility index (Phi) is 2.40. The van der Waals surface area contributed by atoms with Crippen LogP contribution in [0.15, 0.2) is 16.5 Å². The van der Waals surface area contributed by atoms with Gasteiger partial charge in [0.25, 0.3) is 0 Å². The SMILES string of the molecule is Cc1ccc(C(C)NCC2CC2)o1. The first-order valence-electron chi connectivity index (χ1n) is 5.05. The van der Waals surface area contributed by atoms with Crippen LogP contribution in [0, 0.1) is 12.8 Å². The van der Waals surface area contributed by atoms with Crippen molar-refractivity contribution in [3.63, 3.8) is 0 Å². The molecule has 0 aliphatic heterocycles. The average molecular weight is 179 g/mol. The van der Waals surface area contributed by atoms with Crippen LogP contribution in [0.4, 0.5) is 0 Å². The molecule has 1 aliphatic carbocycles. The molecule has 0 radical (unpaired) electrons. The van der Waals surface area contributed by atoms with E-state index < -0.39 is 0 Å². The van der Waals surface area contributed by atoms with Crippen molar-refractivity contribution in [2.24, 2.45) is 5.92 Å². The van der Waals surface area contributed by atoms with Crippen LogP contribution in [-0.4, -0.2) is 6.54 Å². The number of aryl methyl sites for hydroxylation is 1. The Morgan fingerprint density at radius 1 is 1.54 bits per heavy atom. The molecule has 1 aromatic rings. The highest BCUT2D eigenvalue weighted by Gasteiger charge is 2.22. The van der Waals surface area contributed by atoms with Gasteiger partial charge in [-0.25, -0.2) is 0 Å². The number of hydrogen-bond donors (Lipinski definition) is 1. The lowest BCUT2D eigenvalue weighted by Gasteiger charge is -2.10. The minimum absolute atomic E-state index is 0.356. The second kappa shape index (κ2) is 3.54. The third-order valence-corrected chi connectivity index (χ3v) is 2.60. The van der Waals surface area contributed by atoms with Crippen molar-refractivity contribution < 1.29 is 4.42 Å². The first kappa shape index (κ1) is 8.82. The molecule has 0 aromatic carbocycles. The van der Waals surface area contributed by atoms with Crippen LogP contribution in [0.1, 0.15) is 37.3 Å². The summed E-state index contributed by atoms with van der Waals surface area (Å²) in [5.74, 6) is 2.98. The van der Waals surface area contributed by atoms with E-state index in [2.05, 4.69) is 18.3 Å². The standard InChI is InChI=1S/C11H17NO/c1-8-3-6-11(13-8)9(2)12-7-10-4-5-10/h3,6,9-10,12H,4-5,7H2,1-2H3. The molecule has 2 rings (SSSR count). The van der Waals surface area contributed by atoms with Crippen LogP contribution >= 0.6 is 0 Å². The summed E-state index contributed by atoms with van der Waals surface area (Å²) in [6, 6.07) is 4.43. The van der Waals surface area contributed by atoms with Gasteiger partial charge in [-0.3, -0.25) is 0 Å². The second-order valence-corrected chi connectivity index (χ2v) is 4.02. The van der Waals surface area contributed by atoms with E-state index in [1.54, 1.807) is 0 Å². The van der Waals surface area contributed by atoms with Crippen molar-refractivity contribution in [2.45, 2.75) is 32.7 Å². The molecule has 1 unspecified atom stereocenters. The van der Waals surface area contributed by atoms with Gasteiger partial charge in [-0.1, -0.05) is 0 Å². The van der Waals surface area contributed by atoms with E-state index in [1.165, 1.54) is 12.8 Å². The number of hydrogen-bond acceptors (Lipinski definition) is 2. The first-order chi connectivity index (χ1) is 6.25. The normalized spacial score (nSPS) is 18.9. The number of furan rings is 1. The van der Waals surface area contributed by atoms with Gasteiger partial charge in [0.2, 0.25) is 0 Å². The fraction of sp³-hybridized carbons (Fsp3) is 0.636. The zero-order valence-electron chi connectivity index (χ0n) is 8.34. The number of rotatable bonds is 4. The van der Waals surface area contributed by atoms with Gasteiger partial charge in [-0.05, 0) is 51.3 Å². The van der Waals surface area contributed by atoms with Crippen LogP contribution in [0.2, 0.25) is 0 Å². The topological polar surface area (TPSA) is 25.2 Å². The molecule has 2 nitrogen and oxygen atoms in total. The Balaban J connectivity index is 1.84. The molecule has 1 aliphatic rings. The quantitative estimate of drug-likeness (QED) is 0.768. The van der Waals surface area contributed by atoms with Crippen molar-refractivity contribution in [3.8, 4) is 0 Å². The molecule has 0 bridgehead atoms. The molecule has 1 N–H and O–H groups in total. The zero-order valence-corrected chi connectivity index (χ0v) is 8.34. The summed E-state index contributed by atoms with van der Waals surface area (Å²) in [6.07, 6.45) is 2.80. The molecule has 0 spiro atoms. The summed E-state index contributed by atoms with van der Waals surface area (Å²) in [6.45, 7) is 5.28. The Hall–Kier alpha value is -0.760. The van der Waals surface area contributed by atoms with Gasteiger partial charge >= 0.3 is 0 Å². The maximum atomic E-state index is 5.54. The molecular weight excluding hydrogens is 162 g/mol. The molecule has 1 aromatic heterocycles. The Morgan fingerprint density at radius 2 is 2.31 bits per heavy atom. The Bertz CT molecular complexity index is 275. The van der Waals surface area contributed by atoms with Gasteiger partial charge in [-0.2, -0.15) is 0 Å². The predicted molar refractivity (Wildman–Crippen MR) is 52.6 cm³/mol. The lowest BCUT2D eigenvalue weighted by Crippen LogP contribution is -2.20. The Labute approximate surface area is 79.3 Å². The molecule has 2 heteroatoms. The summed E-state index contributed by atoms with van der Waals surface area (Å²) in [5, 5.41) is 3.48. The van der Waals surface area contributed by atoms with Crippen LogP contribution < -0.4 is 5.32 Å². The molecule has 1 atom stereocenters. The second-order valence-electron chi connectivity index (χ2n) is 4.02. The lowest BCUT2D eigenvalue weighted by atomic mass is 10.2. The highest BCUT2D eigenvalue weighted by molar-refractivity contribution is 5.08. The summed E-state index contributed by atoms with van der Waals surface area (Å²) < 4.78 is 5.54. The van der Waals surface area contributed by atoms with Gasteiger partial charge in [0.05, 0.1) is 6.04 Å². The summed E-state index contributed by atoms with van der Waals surface area (Å²) in [4.78, 5) is 0. The fourth-order valence-electron chi connectivity index (χ4n) is 1.45. The largest absolute Gasteiger partial charge is 0.465 e. The highest BCUT2D eigenvalue weighted by Crippen LogP contribution is 2.28. The minimum atomic E-state index is 0.356. The lowest BCUT2D eigenvalue weighted by molar-refractivity contribution is 0.412. The third-order valence-electron chi connectivity index (χ3n) is 2.60. The monoisotopic (exact) mass is 179 g/mol. The van der Waals surface area contributed by atoms with E-state index in [-0.39, 0.29) is 0 Å². The summed E-state index contributed by atoms with van der Waals surface area (Å²) in [7, 11) is 0. The van der Waals surface area contributed by atoms with E-state index in [0.29, 0.717) is 6.04 Å². The van der Waals surface area contributed by atoms with Gasteiger partial charge < -0.3 is 9.73 Å². The minimum Gasteiger partial charge on any atom is -0.465 e. The van der Waals surface area contributed by atoms with Crippen molar-refractivity contribution >= 4 is 0 Å².